The van der Waals surface area contributed by atoms with Gasteiger partial charge in [0.15, 0.2) is 5.15 Å². The number of rotatable bonds is 3. The van der Waals surface area contributed by atoms with Gasteiger partial charge in [0, 0.05) is 6.54 Å². The van der Waals surface area contributed by atoms with Gasteiger partial charge in [0.1, 0.15) is 12.5 Å². The Balaban J connectivity index is 2.52. The highest BCUT2D eigenvalue weighted by atomic mass is 35.5. The van der Waals surface area contributed by atoms with Crippen LogP contribution in [-0.2, 0) is 0 Å². The van der Waals surface area contributed by atoms with Crippen molar-refractivity contribution in [3.8, 4) is 0 Å². The van der Waals surface area contributed by atoms with Crippen molar-refractivity contribution in [1.82, 2.24) is 10.2 Å². The van der Waals surface area contributed by atoms with Crippen LogP contribution in [0.2, 0.25) is 5.15 Å². The van der Waals surface area contributed by atoms with Gasteiger partial charge < -0.3 is 5.32 Å². The summed E-state index contributed by atoms with van der Waals surface area (Å²) >= 11 is 5.47. The van der Waals surface area contributed by atoms with Crippen LogP contribution in [0.25, 0.3) is 0 Å². The molecule has 1 rings (SSSR count). The van der Waals surface area contributed by atoms with Crippen LogP contribution in [0.5, 0.6) is 0 Å². The summed E-state index contributed by atoms with van der Waals surface area (Å²) in [5.74, 6) is 0.534. The van der Waals surface area contributed by atoms with E-state index in [1.54, 1.807) is 12.1 Å². The summed E-state index contributed by atoms with van der Waals surface area (Å²) in [6.45, 7) is -0.180. The lowest BCUT2D eigenvalue weighted by molar-refractivity contribution is 0.512. The second-order valence-corrected chi connectivity index (χ2v) is 2.24. The summed E-state index contributed by atoms with van der Waals surface area (Å²) in [5, 5.41) is 10.3. The van der Waals surface area contributed by atoms with E-state index >= 15 is 0 Å². The van der Waals surface area contributed by atoms with E-state index in [0.29, 0.717) is 11.0 Å². The van der Waals surface area contributed by atoms with Crippen molar-refractivity contribution in [2.75, 3.05) is 18.5 Å². The zero-order valence-corrected chi connectivity index (χ0v) is 6.48. The quantitative estimate of drug-likeness (QED) is 0.757. The standard InChI is InChI=1S/C6H7ClFN3/c7-5-1-2-6(11-10-5)9-4-3-8/h1-2H,3-4H2,(H,9,11). The Hall–Kier alpha value is -0.900. The van der Waals surface area contributed by atoms with Gasteiger partial charge in [0.2, 0.25) is 0 Å². The van der Waals surface area contributed by atoms with Gasteiger partial charge in [-0.25, -0.2) is 4.39 Å². The molecule has 11 heavy (non-hydrogen) atoms. The number of nitrogens with zero attached hydrogens (tertiary/aromatic N) is 2. The number of nitrogens with one attached hydrogen (secondary N) is 1. The summed E-state index contributed by atoms with van der Waals surface area (Å²) in [7, 11) is 0. The molecule has 1 aromatic rings. The number of alkyl halides is 1. The minimum Gasteiger partial charge on any atom is -0.366 e. The molecular formula is C6H7ClFN3. The van der Waals surface area contributed by atoms with Crippen LogP contribution in [-0.4, -0.2) is 23.4 Å². The fraction of sp³-hybridized carbons (Fsp3) is 0.333. The molecule has 0 aliphatic carbocycles. The Kier molecular flexibility index (Phi) is 3.04. The molecule has 0 saturated carbocycles. The molecule has 0 spiro atoms. The molecule has 3 nitrogen and oxygen atoms in total. The monoisotopic (exact) mass is 175 g/mol. The molecule has 0 fully saturated rings. The molecule has 1 N–H and O–H groups in total. The maximum Gasteiger partial charge on any atom is 0.151 e. The van der Waals surface area contributed by atoms with E-state index in [4.69, 9.17) is 11.6 Å². The summed E-state index contributed by atoms with van der Waals surface area (Å²) < 4.78 is 11.6. The van der Waals surface area contributed by atoms with Crippen LogP contribution in [0.1, 0.15) is 0 Å². The van der Waals surface area contributed by atoms with Crippen molar-refractivity contribution in [2.24, 2.45) is 0 Å². The highest BCUT2D eigenvalue weighted by Gasteiger charge is 1.92. The van der Waals surface area contributed by atoms with Crippen LogP contribution in [0, 0.1) is 0 Å². The van der Waals surface area contributed by atoms with Crippen molar-refractivity contribution in [2.45, 2.75) is 0 Å². The highest BCUT2D eigenvalue weighted by molar-refractivity contribution is 6.29. The van der Waals surface area contributed by atoms with Gasteiger partial charge in [-0.15, -0.1) is 10.2 Å². The number of anilines is 1. The Morgan fingerprint density at radius 1 is 1.45 bits per heavy atom. The summed E-state index contributed by atoms with van der Waals surface area (Å²) in [6.07, 6.45) is 0. The lowest BCUT2D eigenvalue weighted by atomic mass is 10.5. The summed E-state index contributed by atoms with van der Waals surface area (Å²) in [6, 6.07) is 3.24. The fourth-order valence-corrected chi connectivity index (χ4v) is 0.686. The average molecular weight is 176 g/mol. The molecule has 0 aliphatic rings. The lowest BCUT2D eigenvalue weighted by Crippen LogP contribution is -2.04. The van der Waals surface area contributed by atoms with E-state index in [1.165, 1.54) is 0 Å². The number of aromatic nitrogens is 2. The number of hydrogen-bond donors (Lipinski definition) is 1. The van der Waals surface area contributed by atoms with Gasteiger partial charge in [-0.2, -0.15) is 0 Å². The van der Waals surface area contributed by atoms with E-state index < -0.39 is 6.67 Å². The summed E-state index contributed by atoms with van der Waals surface area (Å²) in [5.41, 5.74) is 0. The molecule has 1 heterocycles. The molecule has 0 atom stereocenters. The molecule has 0 saturated heterocycles. The van der Waals surface area contributed by atoms with E-state index in [9.17, 15) is 4.39 Å². The highest BCUT2D eigenvalue weighted by Crippen LogP contribution is 2.04. The van der Waals surface area contributed by atoms with Crippen molar-refractivity contribution in [3.63, 3.8) is 0 Å². The normalized spacial score (nSPS) is 9.64. The first-order chi connectivity index (χ1) is 5.33. The van der Waals surface area contributed by atoms with Gasteiger partial charge in [-0.3, -0.25) is 0 Å². The van der Waals surface area contributed by atoms with Gasteiger partial charge in [0.25, 0.3) is 0 Å². The van der Waals surface area contributed by atoms with Gasteiger partial charge in [-0.1, -0.05) is 11.6 Å². The average Bonchev–Trinajstić information content (AvgIpc) is 2.04. The van der Waals surface area contributed by atoms with E-state index in [-0.39, 0.29) is 6.54 Å². The maximum absolute atomic E-state index is 11.6. The first-order valence-electron chi connectivity index (χ1n) is 3.12. The predicted octanol–water partition coefficient (Wildman–Crippen LogP) is 1.51. The predicted molar refractivity (Wildman–Crippen MR) is 41.5 cm³/mol. The molecule has 0 unspecified atom stereocenters. The second kappa shape index (κ2) is 4.08. The van der Waals surface area contributed by atoms with Gasteiger partial charge in [0.05, 0.1) is 0 Å². The van der Waals surface area contributed by atoms with E-state index in [0.717, 1.165) is 0 Å². The topological polar surface area (TPSA) is 37.8 Å². The first-order valence-corrected chi connectivity index (χ1v) is 3.50. The zero-order chi connectivity index (χ0) is 8.10. The van der Waals surface area contributed by atoms with E-state index in [1.807, 2.05) is 0 Å². The van der Waals surface area contributed by atoms with E-state index in [2.05, 4.69) is 15.5 Å². The lowest BCUT2D eigenvalue weighted by Gasteiger charge is -1.99. The molecule has 0 radical (unpaired) electrons. The first kappa shape index (κ1) is 8.20. The van der Waals surface area contributed by atoms with Gasteiger partial charge in [-0.05, 0) is 12.1 Å². The van der Waals surface area contributed by atoms with Crippen molar-refractivity contribution in [1.29, 1.82) is 0 Å². The Morgan fingerprint density at radius 2 is 2.27 bits per heavy atom. The van der Waals surface area contributed by atoms with Crippen molar-refractivity contribution >= 4 is 17.4 Å². The fourth-order valence-electron chi connectivity index (χ4n) is 0.586. The van der Waals surface area contributed by atoms with Crippen LogP contribution in [0.3, 0.4) is 0 Å². The smallest absolute Gasteiger partial charge is 0.151 e. The molecule has 0 aliphatic heterocycles. The number of halogens is 2. The minimum absolute atomic E-state index is 0.246. The molecule has 0 aromatic carbocycles. The third kappa shape index (κ3) is 2.67. The molecule has 0 bridgehead atoms. The maximum atomic E-state index is 11.6. The molecule has 1 aromatic heterocycles. The molecular weight excluding hydrogens is 169 g/mol. The third-order valence-corrected chi connectivity index (χ3v) is 1.23. The van der Waals surface area contributed by atoms with Crippen LogP contribution in [0.4, 0.5) is 10.2 Å². The minimum atomic E-state index is -0.426. The van der Waals surface area contributed by atoms with Crippen LogP contribution in [0.15, 0.2) is 12.1 Å². The zero-order valence-electron chi connectivity index (χ0n) is 5.72. The third-order valence-electron chi connectivity index (χ3n) is 1.03. The number of hydrogen-bond acceptors (Lipinski definition) is 3. The van der Waals surface area contributed by atoms with Gasteiger partial charge >= 0.3 is 0 Å². The summed E-state index contributed by atoms with van der Waals surface area (Å²) in [4.78, 5) is 0. The van der Waals surface area contributed by atoms with Crippen LogP contribution < -0.4 is 5.32 Å². The molecule has 0 amide bonds. The Morgan fingerprint density at radius 3 is 2.82 bits per heavy atom. The Bertz CT molecular complexity index is 214. The van der Waals surface area contributed by atoms with Crippen molar-refractivity contribution < 1.29 is 4.39 Å². The second-order valence-electron chi connectivity index (χ2n) is 1.86. The Labute approximate surface area is 68.6 Å². The molecule has 60 valence electrons. The molecule has 5 heteroatoms. The SMILES string of the molecule is FCCNc1ccc(Cl)nn1. The largest absolute Gasteiger partial charge is 0.366 e. The van der Waals surface area contributed by atoms with Crippen molar-refractivity contribution in [3.05, 3.63) is 17.3 Å². The van der Waals surface area contributed by atoms with Crippen LogP contribution >= 0.6 is 11.6 Å².